The van der Waals surface area contributed by atoms with Crippen molar-refractivity contribution in [1.82, 2.24) is 5.32 Å². The predicted octanol–water partition coefficient (Wildman–Crippen LogP) is 5.82. The van der Waals surface area contributed by atoms with Crippen molar-refractivity contribution in [3.05, 3.63) is 91.0 Å². The summed E-state index contributed by atoms with van der Waals surface area (Å²) in [5, 5.41) is 2.62. The molecule has 1 saturated heterocycles. The van der Waals surface area contributed by atoms with Gasteiger partial charge in [-0.15, -0.1) is 0 Å². The number of hydrogen-bond acceptors (Lipinski definition) is 5. The number of urea groups is 1. The van der Waals surface area contributed by atoms with E-state index in [2.05, 4.69) is 27.9 Å². The molecule has 0 atom stereocenters. The SMILES string of the molecule is COc1cc(/C=C2/C(=O)NC(=O)N(c3ccc(C)c(Cl)c3)C2=O)cc(I)c1OCc1cccc(C)c1. The lowest BCUT2D eigenvalue weighted by Crippen LogP contribution is -2.54. The van der Waals surface area contributed by atoms with E-state index in [1.807, 2.05) is 38.1 Å². The van der Waals surface area contributed by atoms with Crippen molar-refractivity contribution < 1.29 is 23.9 Å². The molecule has 0 unspecified atom stereocenters. The smallest absolute Gasteiger partial charge is 0.335 e. The van der Waals surface area contributed by atoms with Gasteiger partial charge in [0.2, 0.25) is 0 Å². The molecular formula is C27H22ClIN2O5. The van der Waals surface area contributed by atoms with E-state index >= 15 is 0 Å². The van der Waals surface area contributed by atoms with E-state index in [0.29, 0.717) is 28.7 Å². The highest BCUT2D eigenvalue weighted by atomic mass is 127. The van der Waals surface area contributed by atoms with Crippen LogP contribution < -0.4 is 19.7 Å². The molecule has 184 valence electrons. The van der Waals surface area contributed by atoms with Gasteiger partial charge in [0.1, 0.15) is 12.2 Å². The van der Waals surface area contributed by atoms with Crippen molar-refractivity contribution in [3.63, 3.8) is 0 Å². The topological polar surface area (TPSA) is 84.9 Å². The highest BCUT2D eigenvalue weighted by molar-refractivity contribution is 14.1. The fraction of sp³-hybridized carbons (Fsp3) is 0.148. The highest BCUT2D eigenvalue weighted by Crippen LogP contribution is 2.36. The molecule has 1 fully saturated rings. The van der Waals surface area contributed by atoms with E-state index in [9.17, 15) is 14.4 Å². The van der Waals surface area contributed by atoms with Crippen LogP contribution in [0, 0.1) is 17.4 Å². The van der Waals surface area contributed by atoms with E-state index in [4.69, 9.17) is 21.1 Å². The summed E-state index contributed by atoms with van der Waals surface area (Å²) < 4.78 is 12.3. The average molecular weight is 617 g/mol. The molecule has 0 saturated carbocycles. The van der Waals surface area contributed by atoms with Gasteiger partial charge in [-0.1, -0.05) is 47.5 Å². The van der Waals surface area contributed by atoms with E-state index in [-0.39, 0.29) is 11.3 Å². The summed E-state index contributed by atoms with van der Waals surface area (Å²) in [6.45, 7) is 4.18. The van der Waals surface area contributed by atoms with Crippen molar-refractivity contribution in [1.29, 1.82) is 0 Å². The van der Waals surface area contributed by atoms with Gasteiger partial charge in [-0.3, -0.25) is 14.9 Å². The number of anilines is 1. The van der Waals surface area contributed by atoms with Crippen LogP contribution in [0.3, 0.4) is 0 Å². The summed E-state index contributed by atoms with van der Waals surface area (Å²) in [6, 6.07) is 15.4. The van der Waals surface area contributed by atoms with Crippen LogP contribution in [-0.2, 0) is 16.2 Å². The molecule has 4 rings (SSSR count). The summed E-state index contributed by atoms with van der Waals surface area (Å²) in [6.07, 6.45) is 1.42. The molecule has 0 aliphatic carbocycles. The minimum Gasteiger partial charge on any atom is -0.493 e. The lowest BCUT2D eigenvalue weighted by Gasteiger charge is -2.26. The van der Waals surface area contributed by atoms with Gasteiger partial charge in [-0.25, -0.2) is 9.69 Å². The zero-order valence-electron chi connectivity index (χ0n) is 19.7. The van der Waals surface area contributed by atoms with Gasteiger partial charge >= 0.3 is 6.03 Å². The number of ether oxygens (including phenoxy) is 2. The normalized spacial score (nSPS) is 14.8. The van der Waals surface area contributed by atoms with Crippen LogP contribution in [0.2, 0.25) is 5.02 Å². The first-order valence-corrected chi connectivity index (χ1v) is 12.4. The van der Waals surface area contributed by atoms with Crippen molar-refractivity contribution in [2.24, 2.45) is 0 Å². The first kappa shape index (κ1) is 25.7. The molecule has 4 amide bonds. The summed E-state index contributed by atoms with van der Waals surface area (Å²) in [5.41, 5.74) is 3.55. The molecule has 1 aliphatic rings. The molecular weight excluding hydrogens is 595 g/mol. The Morgan fingerprint density at radius 1 is 1.06 bits per heavy atom. The summed E-state index contributed by atoms with van der Waals surface area (Å²) in [4.78, 5) is 39.2. The number of carbonyl (C=O) groups is 3. The molecule has 3 aromatic rings. The van der Waals surface area contributed by atoms with E-state index in [1.165, 1.54) is 19.3 Å². The first-order valence-electron chi connectivity index (χ1n) is 10.9. The van der Waals surface area contributed by atoms with Crippen molar-refractivity contribution in [3.8, 4) is 11.5 Å². The largest absolute Gasteiger partial charge is 0.493 e. The fourth-order valence-electron chi connectivity index (χ4n) is 3.70. The second kappa shape index (κ2) is 10.7. The van der Waals surface area contributed by atoms with Crippen LogP contribution >= 0.6 is 34.2 Å². The third-order valence-corrected chi connectivity index (χ3v) is 6.75. The van der Waals surface area contributed by atoms with Gasteiger partial charge in [0.25, 0.3) is 11.8 Å². The number of barbiturate groups is 1. The van der Waals surface area contributed by atoms with Crippen molar-refractivity contribution in [2.75, 3.05) is 12.0 Å². The zero-order chi connectivity index (χ0) is 26.0. The first-order chi connectivity index (χ1) is 17.2. The Morgan fingerprint density at radius 3 is 2.53 bits per heavy atom. The number of halogens is 2. The highest BCUT2D eigenvalue weighted by Gasteiger charge is 2.37. The zero-order valence-corrected chi connectivity index (χ0v) is 22.6. The Morgan fingerprint density at radius 2 is 1.83 bits per heavy atom. The minimum absolute atomic E-state index is 0.197. The maximum absolute atomic E-state index is 13.2. The number of rotatable bonds is 6. The predicted molar refractivity (Wildman–Crippen MR) is 146 cm³/mol. The third kappa shape index (κ3) is 5.39. The van der Waals surface area contributed by atoms with E-state index < -0.39 is 17.8 Å². The van der Waals surface area contributed by atoms with Crippen molar-refractivity contribution >= 4 is 63.8 Å². The second-order valence-electron chi connectivity index (χ2n) is 8.20. The van der Waals surface area contributed by atoms with Crippen LogP contribution in [-0.4, -0.2) is 25.0 Å². The summed E-state index contributed by atoms with van der Waals surface area (Å²) in [7, 11) is 1.52. The molecule has 1 N–H and O–H groups in total. The molecule has 0 aromatic heterocycles. The standard InChI is InChI=1S/C27H22ClIN2O5/c1-15-5-4-6-17(9-15)14-36-24-22(29)11-18(12-23(24)35-3)10-20-25(32)30-27(34)31(26(20)33)19-8-7-16(2)21(28)13-19/h4-13H,14H2,1-3H3,(H,30,32,34)/b20-10-. The van der Waals surface area contributed by atoms with Crippen LogP contribution in [0.15, 0.2) is 60.2 Å². The Labute approximate surface area is 227 Å². The molecule has 0 bridgehead atoms. The number of nitrogens with one attached hydrogen (secondary N) is 1. The van der Waals surface area contributed by atoms with Gasteiger partial charge in [-0.05, 0) is 83.5 Å². The molecule has 7 nitrogen and oxygen atoms in total. The van der Waals surface area contributed by atoms with Gasteiger partial charge in [0.15, 0.2) is 11.5 Å². The molecule has 3 aromatic carbocycles. The van der Waals surface area contributed by atoms with Crippen molar-refractivity contribution in [2.45, 2.75) is 20.5 Å². The molecule has 9 heteroatoms. The number of hydrogen-bond donors (Lipinski definition) is 1. The van der Waals surface area contributed by atoms with Crippen LogP contribution in [0.1, 0.15) is 22.3 Å². The Kier molecular flexibility index (Phi) is 7.65. The number of aryl methyl sites for hydroxylation is 2. The lowest BCUT2D eigenvalue weighted by molar-refractivity contribution is -0.122. The van der Waals surface area contributed by atoms with Gasteiger partial charge in [0.05, 0.1) is 16.4 Å². The Bertz CT molecular complexity index is 1420. The van der Waals surface area contributed by atoms with E-state index in [0.717, 1.165) is 25.2 Å². The van der Waals surface area contributed by atoms with Gasteiger partial charge in [-0.2, -0.15) is 0 Å². The molecule has 1 aliphatic heterocycles. The summed E-state index contributed by atoms with van der Waals surface area (Å²) >= 11 is 8.30. The Hall–Kier alpha value is -3.37. The van der Waals surface area contributed by atoms with Crippen LogP contribution in [0.4, 0.5) is 10.5 Å². The Balaban J connectivity index is 1.65. The maximum atomic E-state index is 13.2. The third-order valence-electron chi connectivity index (χ3n) is 5.54. The van der Waals surface area contributed by atoms with Crippen LogP contribution in [0.5, 0.6) is 11.5 Å². The number of nitrogens with zero attached hydrogens (tertiary/aromatic N) is 1. The second-order valence-corrected chi connectivity index (χ2v) is 9.77. The maximum Gasteiger partial charge on any atom is 0.335 e. The number of amides is 4. The minimum atomic E-state index is -0.839. The number of carbonyl (C=O) groups excluding carboxylic acids is 3. The lowest BCUT2D eigenvalue weighted by atomic mass is 10.1. The number of imide groups is 2. The number of benzene rings is 3. The fourth-order valence-corrected chi connectivity index (χ4v) is 4.66. The molecule has 1 heterocycles. The quantitative estimate of drug-likeness (QED) is 0.215. The number of methoxy groups -OCH3 is 1. The van der Waals surface area contributed by atoms with Crippen LogP contribution in [0.25, 0.3) is 6.08 Å². The molecule has 0 radical (unpaired) electrons. The van der Waals surface area contributed by atoms with E-state index in [1.54, 1.807) is 24.3 Å². The van der Waals surface area contributed by atoms with Gasteiger partial charge < -0.3 is 9.47 Å². The monoisotopic (exact) mass is 616 g/mol. The molecule has 0 spiro atoms. The average Bonchev–Trinajstić information content (AvgIpc) is 2.83. The van der Waals surface area contributed by atoms with Gasteiger partial charge in [0, 0.05) is 5.02 Å². The summed E-state index contributed by atoms with van der Waals surface area (Å²) in [5.74, 6) is -0.541. The molecule has 36 heavy (non-hydrogen) atoms.